The summed E-state index contributed by atoms with van der Waals surface area (Å²) < 4.78 is 13.4. The molecular weight excluding hydrogens is 227 g/mol. The van der Waals surface area contributed by atoms with Gasteiger partial charge in [-0.15, -0.1) is 0 Å². The van der Waals surface area contributed by atoms with Gasteiger partial charge in [-0.25, -0.2) is 4.39 Å². The molecule has 4 heteroatoms. The van der Waals surface area contributed by atoms with Crippen molar-refractivity contribution in [2.45, 2.75) is 26.3 Å². The first-order valence-electron chi connectivity index (χ1n) is 5.37. The van der Waals surface area contributed by atoms with Crippen LogP contribution in [-0.2, 0) is 0 Å². The maximum absolute atomic E-state index is 13.4. The second kappa shape index (κ2) is 5.62. The highest BCUT2D eigenvalue weighted by atomic mass is 35.5. The van der Waals surface area contributed by atoms with E-state index in [4.69, 9.17) is 23.1 Å². The van der Waals surface area contributed by atoms with Crippen molar-refractivity contribution in [2.24, 2.45) is 17.4 Å². The largest absolute Gasteiger partial charge is 0.330 e. The highest BCUT2D eigenvalue weighted by Crippen LogP contribution is 2.28. The van der Waals surface area contributed by atoms with E-state index in [0.29, 0.717) is 35.0 Å². The molecule has 0 heterocycles. The Morgan fingerprint density at radius 2 is 2.06 bits per heavy atom. The van der Waals surface area contributed by atoms with Gasteiger partial charge in [0.15, 0.2) is 0 Å². The maximum atomic E-state index is 13.4. The predicted octanol–water partition coefficient (Wildman–Crippen LogP) is 2.77. The van der Waals surface area contributed by atoms with E-state index < -0.39 is 0 Å². The van der Waals surface area contributed by atoms with Crippen molar-refractivity contribution < 1.29 is 4.39 Å². The number of halogens is 2. The van der Waals surface area contributed by atoms with Crippen LogP contribution in [0.2, 0.25) is 5.02 Å². The molecule has 0 aromatic heterocycles. The van der Waals surface area contributed by atoms with Crippen molar-refractivity contribution in [3.05, 3.63) is 34.1 Å². The average molecular weight is 245 g/mol. The lowest BCUT2D eigenvalue weighted by Gasteiger charge is -2.18. The summed E-state index contributed by atoms with van der Waals surface area (Å²) in [6.45, 7) is 4.26. The normalized spacial score (nSPS) is 14.9. The Hall–Kier alpha value is -0.640. The van der Waals surface area contributed by atoms with Crippen molar-refractivity contribution in [2.75, 3.05) is 6.54 Å². The fourth-order valence-electron chi connectivity index (χ4n) is 1.60. The van der Waals surface area contributed by atoms with E-state index in [2.05, 4.69) is 0 Å². The Kier molecular flexibility index (Phi) is 4.71. The molecule has 2 atom stereocenters. The van der Waals surface area contributed by atoms with E-state index in [0.717, 1.165) is 0 Å². The molecular formula is C12H18ClFN2. The van der Waals surface area contributed by atoms with Gasteiger partial charge in [0.25, 0.3) is 0 Å². The molecule has 0 saturated heterocycles. The summed E-state index contributed by atoms with van der Waals surface area (Å²) in [5, 5.41) is 0.524. The van der Waals surface area contributed by atoms with Crippen LogP contribution in [0.25, 0.3) is 0 Å². The first-order valence-corrected chi connectivity index (χ1v) is 5.74. The molecule has 0 bridgehead atoms. The minimum Gasteiger partial charge on any atom is -0.330 e. The third kappa shape index (κ3) is 3.17. The van der Waals surface area contributed by atoms with Crippen LogP contribution in [0.1, 0.15) is 30.5 Å². The summed E-state index contributed by atoms with van der Waals surface area (Å²) in [5.74, 6) is 0.0330. The molecule has 1 aromatic rings. The zero-order valence-corrected chi connectivity index (χ0v) is 10.4. The first kappa shape index (κ1) is 13.4. The van der Waals surface area contributed by atoms with Gasteiger partial charge in [0, 0.05) is 11.1 Å². The SMILES string of the molecule is Cc1cc(Cl)c(C(N)CC(C)CN)cc1F. The summed E-state index contributed by atoms with van der Waals surface area (Å²) >= 11 is 6.05. The van der Waals surface area contributed by atoms with Crippen LogP contribution in [0.4, 0.5) is 4.39 Å². The van der Waals surface area contributed by atoms with E-state index in [9.17, 15) is 4.39 Å². The van der Waals surface area contributed by atoms with Crippen molar-refractivity contribution in [1.29, 1.82) is 0 Å². The molecule has 0 spiro atoms. The highest BCUT2D eigenvalue weighted by molar-refractivity contribution is 6.31. The number of hydrogen-bond donors (Lipinski definition) is 2. The monoisotopic (exact) mass is 244 g/mol. The predicted molar refractivity (Wildman–Crippen MR) is 65.9 cm³/mol. The van der Waals surface area contributed by atoms with Crippen LogP contribution >= 0.6 is 11.6 Å². The molecule has 1 rings (SSSR count). The van der Waals surface area contributed by atoms with Crippen LogP contribution in [0.3, 0.4) is 0 Å². The third-order valence-electron chi connectivity index (χ3n) is 2.74. The molecule has 16 heavy (non-hydrogen) atoms. The molecule has 4 N–H and O–H groups in total. The lowest BCUT2D eigenvalue weighted by molar-refractivity contribution is 0.480. The number of nitrogens with two attached hydrogens (primary N) is 2. The van der Waals surface area contributed by atoms with Crippen molar-refractivity contribution in [3.8, 4) is 0 Å². The van der Waals surface area contributed by atoms with Crippen molar-refractivity contribution in [3.63, 3.8) is 0 Å². The zero-order chi connectivity index (χ0) is 12.3. The number of hydrogen-bond acceptors (Lipinski definition) is 2. The summed E-state index contributed by atoms with van der Waals surface area (Å²) in [4.78, 5) is 0. The van der Waals surface area contributed by atoms with E-state index in [1.54, 1.807) is 13.0 Å². The lowest BCUT2D eigenvalue weighted by atomic mass is 9.96. The van der Waals surface area contributed by atoms with Crippen LogP contribution in [0.5, 0.6) is 0 Å². The third-order valence-corrected chi connectivity index (χ3v) is 3.06. The second-order valence-corrected chi connectivity index (χ2v) is 4.71. The summed E-state index contributed by atoms with van der Waals surface area (Å²) in [7, 11) is 0. The average Bonchev–Trinajstić information content (AvgIpc) is 2.23. The van der Waals surface area contributed by atoms with Gasteiger partial charge in [-0.1, -0.05) is 18.5 Å². The second-order valence-electron chi connectivity index (χ2n) is 4.31. The summed E-state index contributed by atoms with van der Waals surface area (Å²) in [5.41, 5.74) is 12.7. The molecule has 0 saturated carbocycles. The van der Waals surface area contributed by atoms with Crippen molar-refractivity contribution >= 4 is 11.6 Å². The van der Waals surface area contributed by atoms with Gasteiger partial charge in [0.1, 0.15) is 5.82 Å². The van der Waals surface area contributed by atoms with Crippen LogP contribution in [0.15, 0.2) is 12.1 Å². The van der Waals surface area contributed by atoms with Gasteiger partial charge in [-0.05, 0) is 49.1 Å². The fourth-order valence-corrected chi connectivity index (χ4v) is 1.96. The molecule has 1 aromatic carbocycles. The van der Waals surface area contributed by atoms with Gasteiger partial charge in [-0.2, -0.15) is 0 Å². The molecule has 0 amide bonds. The Labute approximate surface area is 101 Å². The van der Waals surface area contributed by atoms with Gasteiger partial charge >= 0.3 is 0 Å². The van der Waals surface area contributed by atoms with Gasteiger partial charge in [0.05, 0.1) is 0 Å². The number of aryl methyl sites for hydroxylation is 1. The first-order chi connectivity index (χ1) is 7.45. The Balaban J connectivity index is 2.91. The van der Waals surface area contributed by atoms with Gasteiger partial charge < -0.3 is 11.5 Å². The standard InChI is InChI=1S/C12H18ClFN2/c1-7(6-15)3-12(16)9-5-11(14)8(2)4-10(9)13/h4-5,7,12H,3,6,15-16H2,1-2H3. The molecule has 90 valence electrons. The summed E-state index contributed by atoms with van der Waals surface area (Å²) in [6, 6.07) is 2.77. The van der Waals surface area contributed by atoms with Crippen LogP contribution in [-0.4, -0.2) is 6.54 Å². The van der Waals surface area contributed by atoms with Gasteiger partial charge in [0.2, 0.25) is 0 Å². The maximum Gasteiger partial charge on any atom is 0.126 e. The zero-order valence-electron chi connectivity index (χ0n) is 9.63. The van der Waals surface area contributed by atoms with Crippen LogP contribution < -0.4 is 11.5 Å². The van der Waals surface area contributed by atoms with E-state index in [1.165, 1.54) is 6.07 Å². The molecule has 0 aliphatic rings. The van der Waals surface area contributed by atoms with E-state index in [-0.39, 0.29) is 11.9 Å². The topological polar surface area (TPSA) is 52.0 Å². The molecule has 2 unspecified atom stereocenters. The molecule has 2 nitrogen and oxygen atoms in total. The smallest absolute Gasteiger partial charge is 0.126 e. The fraction of sp³-hybridized carbons (Fsp3) is 0.500. The molecule has 0 radical (unpaired) electrons. The van der Waals surface area contributed by atoms with Crippen LogP contribution in [0, 0.1) is 18.7 Å². The minimum atomic E-state index is -0.268. The van der Waals surface area contributed by atoms with Crippen molar-refractivity contribution in [1.82, 2.24) is 0 Å². The Bertz CT molecular complexity index is 368. The minimum absolute atomic E-state index is 0.263. The number of benzene rings is 1. The Morgan fingerprint density at radius 1 is 1.44 bits per heavy atom. The lowest BCUT2D eigenvalue weighted by Crippen LogP contribution is -2.19. The number of rotatable bonds is 4. The summed E-state index contributed by atoms with van der Waals surface area (Å²) in [6.07, 6.45) is 0.707. The highest BCUT2D eigenvalue weighted by Gasteiger charge is 2.15. The quantitative estimate of drug-likeness (QED) is 0.856. The molecule has 0 fully saturated rings. The Morgan fingerprint density at radius 3 is 2.62 bits per heavy atom. The van der Waals surface area contributed by atoms with E-state index in [1.807, 2.05) is 6.92 Å². The van der Waals surface area contributed by atoms with E-state index >= 15 is 0 Å². The molecule has 0 aliphatic carbocycles. The molecule has 0 aliphatic heterocycles. The van der Waals surface area contributed by atoms with Gasteiger partial charge in [-0.3, -0.25) is 0 Å².